The van der Waals surface area contributed by atoms with Crippen LogP contribution in [-0.4, -0.2) is 33.4 Å². The third kappa shape index (κ3) is 4.54. The van der Waals surface area contributed by atoms with Crippen LogP contribution in [0.3, 0.4) is 0 Å². The minimum Gasteiger partial charge on any atom is -0.336 e. The largest absolute Gasteiger partial charge is 0.336 e. The highest BCUT2D eigenvalue weighted by Crippen LogP contribution is 2.30. The second-order valence-corrected chi connectivity index (χ2v) is 8.01. The summed E-state index contributed by atoms with van der Waals surface area (Å²) in [5.41, 5.74) is 4.61. The normalized spacial score (nSPS) is 17.6. The zero-order valence-electron chi connectivity index (χ0n) is 16.6. The van der Waals surface area contributed by atoms with E-state index in [0.29, 0.717) is 19.1 Å². The summed E-state index contributed by atoms with van der Waals surface area (Å²) >= 11 is 0. The first-order valence-electron chi connectivity index (χ1n) is 10.9. The van der Waals surface area contributed by atoms with Crippen LogP contribution < -0.4 is 10.6 Å². The number of urea groups is 1. The van der Waals surface area contributed by atoms with E-state index in [1.165, 1.54) is 49.8 Å². The summed E-state index contributed by atoms with van der Waals surface area (Å²) < 4.78 is 2.09. The van der Waals surface area contributed by atoms with E-state index in [1.54, 1.807) is 0 Å². The van der Waals surface area contributed by atoms with Gasteiger partial charge in [-0.15, -0.1) is 0 Å². The van der Waals surface area contributed by atoms with Crippen molar-refractivity contribution in [2.75, 3.05) is 6.54 Å². The van der Waals surface area contributed by atoms with Gasteiger partial charge in [-0.2, -0.15) is 5.10 Å². The van der Waals surface area contributed by atoms with E-state index >= 15 is 0 Å². The number of hydrogen-bond donors (Lipinski definition) is 2. The van der Waals surface area contributed by atoms with Crippen molar-refractivity contribution in [1.29, 1.82) is 0 Å². The van der Waals surface area contributed by atoms with E-state index in [9.17, 15) is 4.79 Å². The SMILES string of the molecule is O=C(NCCn1nc(-c2ccccn2)c2c1CCCC2)NC1CCCCCC1. The fraction of sp³-hybridized carbons (Fsp3) is 0.591. The van der Waals surface area contributed by atoms with Gasteiger partial charge in [0.1, 0.15) is 5.69 Å². The number of carbonyl (C=O) groups is 1. The summed E-state index contributed by atoms with van der Waals surface area (Å²) in [5.74, 6) is 0. The summed E-state index contributed by atoms with van der Waals surface area (Å²) in [6.45, 7) is 1.29. The van der Waals surface area contributed by atoms with Crippen LogP contribution in [0.1, 0.15) is 62.6 Å². The number of amides is 2. The smallest absolute Gasteiger partial charge is 0.315 e. The van der Waals surface area contributed by atoms with Gasteiger partial charge in [0.05, 0.1) is 12.2 Å². The zero-order valence-corrected chi connectivity index (χ0v) is 16.6. The molecule has 6 nitrogen and oxygen atoms in total. The summed E-state index contributed by atoms with van der Waals surface area (Å²) in [4.78, 5) is 16.8. The molecule has 2 aromatic heterocycles. The van der Waals surface area contributed by atoms with Crippen LogP contribution in [0.4, 0.5) is 4.79 Å². The predicted molar refractivity (Wildman–Crippen MR) is 110 cm³/mol. The Labute approximate surface area is 167 Å². The third-order valence-electron chi connectivity index (χ3n) is 5.96. The molecule has 0 saturated heterocycles. The topological polar surface area (TPSA) is 71.8 Å². The number of pyridine rings is 1. The number of carbonyl (C=O) groups excluding carboxylic acids is 1. The molecule has 6 heteroatoms. The summed E-state index contributed by atoms with van der Waals surface area (Å²) in [6.07, 6.45) is 13.6. The van der Waals surface area contributed by atoms with Crippen molar-refractivity contribution in [1.82, 2.24) is 25.4 Å². The van der Waals surface area contributed by atoms with Gasteiger partial charge in [0, 0.05) is 30.0 Å². The van der Waals surface area contributed by atoms with E-state index in [0.717, 1.165) is 37.1 Å². The fourth-order valence-electron chi connectivity index (χ4n) is 4.50. The molecular weight excluding hydrogens is 350 g/mol. The van der Waals surface area contributed by atoms with Crippen molar-refractivity contribution in [2.24, 2.45) is 0 Å². The Balaban J connectivity index is 1.37. The Morgan fingerprint density at radius 3 is 2.68 bits per heavy atom. The molecule has 0 aromatic carbocycles. The predicted octanol–water partition coefficient (Wildman–Crippen LogP) is 3.85. The lowest BCUT2D eigenvalue weighted by Gasteiger charge is -2.17. The van der Waals surface area contributed by atoms with Crippen molar-refractivity contribution in [3.63, 3.8) is 0 Å². The molecule has 0 atom stereocenters. The van der Waals surface area contributed by atoms with Gasteiger partial charge < -0.3 is 10.6 Å². The number of fused-ring (bicyclic) bond motifs is 1. The lowest BCUT2D eigenvalue weighted by atomic mass is 9.95. The van der Waals surface area contributed by atoms with Crippen molar-refractivity contribution < 1.29 is 4.79 Å². The van der Waals surface area contributed by atoms with Crippen molar-refractivity contribution >= 4 is 6.03 Å². The summed E-state index contributed by atoms with van der Waals surface area (Å²) in [5, 5.41) is 11.0. The van der Waals surface area contributed by atoms with E-state index in [2.05, 4.69) is 20.3 Å². The quantitative estimate of drug-likeness (QED) is 0.773. The van der Waals surface area contributed by atoms with Crippen molar-refractivity contribution in [3.8, 4) is 11.4 Å². The highest BCUT2D eigenvalue weighted by molar-refractivity contribution is 5.74. The molecule has 0 bridgehead atoms. The molecule has 28 heavy (non-hydrogen) atoms. The molecule has 1 fully saturated rings. The third-order valence-corrected chi connectivity index (χ3v) is 5.96. The van der Waals surface area contributed by atoms with Gasteiger partial charge in [-0.25, -0.2) is 4.79 Å². The average Bonchev–Trinajstić information content (AvgIpc) is 2.90. The molecule has 4 rings (SSSR count). The summed E-state index contributed by atoms with van der Waals surface area (Å²) in [6, 6.07) is 6.26. The Morgan fingerprint density at radius 1 is 1.07 bits per heavy atom. The summed E-state index contributed by atoms with van der Waals surface area (Å²) in [7, 11) is 0. The number of nitrogens with zero attached hydrogens (tertiary/aromatic N) is 3. The monoisotopic (exact) mass is 381 g/mol. The van der Waals surface area contributed by atoms with Gasteiger partial charge >= 0.3 is 6.03 Å². The minimum absolute atomic E-state index is 0.0436. The van der Waals surface area contributed by atoms with Crippen LogP contribution >= 0.6 is 0 Å². The molecule has 1 saturated carbocycles. The highest BCUT2D eigenvalue weighted by atomic mass is 16.2. The standard InChI is InChI=1S/C22H31N5O/c28-22(25-17-9-3-1-2-4-10-17)24-15-16-27-20-13-6-5-11-18(20)21(26-27)19-12-7-8-14-23-19/h7-8,12,14,17H,1-6,9-11,13,15-16H2,(H2,24,25,28). The van der Waals surface area contributed by atoms with Crippen molar-refractivity contribution in [2.45, 2.75) is 76.8 Å². The first-order chi connectivity index (χ1) is 13.8. The van der Waals surface area contributed by atoms with E-state index in [4.69, 9.17) is 5.10 Å². The van der Waals surface area contributed by atoms with Gasteiger partial charge in [0.15, 0.2) is 0 Å². The average molecular weight is 382 g/mol. The van der Waals surface area contributed by atoms with Crippen LogP contribution in [0.2, 0.25) is 0 Å². The van der Waals surface area contributed by atoms with Gasteiger partial charge in [0.2, 0.25) is 0 Å². The Morgan fingerprint density at radius 2 is 1.89 bits per heavy atom. The van der Waals surface area contributed by atoms with E-state index < -0.39 is 0 Å². The lowest BCUT2D eigenvalue weighted by Crippen LogP contribution is -2.43. The van der Waals surface area contributed by atoms with Gasteiger partial charge in [-0.1, -0.05) is 31.7 Å². The van der Waals surface area contributed by atoms with Gasteiger partial charge in [-0.05, 0) is 50.7 Å². The fourth-order valence-corrected chi connectivity index (χ4v) is 4.50. The molecular formula is C22H31N5O. The molecule has 2 aromatic rings. The molecule has 0 unspecified atom stereocenters. The van der Waals surface area contributed by atoms with Gasteiger partial charge in [-0.3, -0.25) is 9.67 Å². The van der Waals surface area contributed by atoms with E-state index in [1.807, 2.05) is 24.4 Å². The van der Waals surface area contributed by atoms with Crippen LogP contribution in [0.25, 0.3) is 11.4 Å². The number of aromatic nitrogens is 3. The maximum absolute atomic E-state index is 12.3. The Kier molecular flexibility index (Phi) is 6.24. The highest BCUT2D eigenvalue weighted by Gasteiger charge is 2.22. The molecule has 2 aliphatic rings. The minimum atomic E-state index is -0.0436. The second kappa shape index (κ2) is 9.22. The van der Waals surface area contributed by atoms with Crippen molar-refractivity contribution in [3.05, 3.63) is 35.7 Å². The molecule has 0 radical (unpaired) electrons. The second-order valence-electron chi connectivity index (χ2n) is 8.01. The lowest BCUT2D eigenvalue weighted by molar-refractivity contribution is 0.235. The molecule has 150 valence electrons. The van der Waals surface area contributed by atoms with Crippen LogP contribution in [0, 0.1) is 0 Å². The molecule has 0 spiro atoms. The Bertz CT molecular complexity index is 778. The zero-order chi connectivity index (χ0) is 19.2. The molecule has 0 aliphatic heterocycles. The molecule has 2 aliphatic carbocycles. The number of hydrogen-bond acceptors (Lipinski definition) is 3. The number of rotatable bonds is 5. The number of nitrogens with one attached hydrogen (secondary N) is 2. The van der Waals surface area contributed by atoms with Crippen LogP contribution in [0.5, 0.6) is 0 Å². The van der Waals surface area contributed by atoms with E-state index in [-0.39, 0.29) is 6.03 Å². The van der Waals surface area contributed by atoms with Crippen LogP contribution in [-0.2, 0) is 19.4 Å². The molecule has 2 amide bonds. The van der Waals surface area contributed by atoms with Crippen LogP contribution in [0.15, 0.2) is 24.4 Å². The maximum atomic E-state index is 12.3. The van der Waals surface area contributed by atoms with Gasteiger partial charge in [0.25, 0.3) is 0 Å². The Hall–Kier alpha value is -2.37. The first kappa shape index (κ1) is 19.0. The maximum Gasteiger partial charge on any atom is 0.315 e. The molecule has 2 heterocycles. The molecule has 2 N–H and O–H groups in total. The first-order valence-corrected chi connectivity index (χ1v) is 10.9.